The number of hydrogen-bond donors (Lipinski definition) is 2. The number of rotatable bonds is 8. The minimum atomic E-state index is 0.530. The van der Waals surface area contributed by atoms with E-state index in [4.69, 9.17) is 4.42 Å². The van der Waals surface area contributed by atoms with Crippen molar-refractivity contribution in [3.63, 3.8) is 0 Å². The highest BCUT2D eigenvalue weighted by Gasteiger charge is 2.11. The second kappa shape index (κ2) is 7.29. The Bertz CT molecular complexity index is 515. The van der Waals surface area contributed by atoms with Crippen molar-refractivity contribution in [3.05, 3.63) is 29.7 Å². The SMILES string of the molecule is CCCCCC(C)NCc1cn[nH]c1-c1ccc(C)o1. The van der Waals surface area contributed by atoms with Gasteiger partial charge in [0, 0.05) is 18.2 Å². The molecule has 110 valence electrons. The molecule has 0 spiro atoms. The Kier molecular flexibility index (Phi) is 5.41. The van der Waals surface area contributed by atoms with Crippen molar-refractivity contribution < 1.29 is 4.42 Å². The molecule has 0 aliphatic carbocycles. The molecule has 1 atom stereocenters. The lowest BCUT2D eigenvalue weighted by Gasteiger charge is -2.13. The molecular formula is C16H25N3O. The van der Waals surface area contributed by atoms with E-state index in [2.05, 4.69) is 29.4 Å². The molecule has 2 aromatic heterocycles. The van der Waals surface area contributed by atoms with E-state index in [-0.39, 0.29) is 0 Å². The van der Waals surface area contributed by atoms with E-state index >= 15 is 0 Å². The summed E-state index contributed by atoms with van der Waals surface area (Å²) < 4.78 is 5.66. The Hall–Kier alpha value is -1.55. The van der Waals surface area contributed by atoms with Crippen molar-refractivity contribution in [2.75, 3.05) is 0 Å². The standard InChI is InChI=1S/C16H25N3O/c1-4-5-6-7-12(2)17-10-14-11-18-19-16(14)15-9-8-13(3)20-15/h8-9,11-12,17H,4-7,10H2,1-3H3,(H,18,19). The molecule has 0 aliphatic rings. The second-order valence-corrected chi connectivity index (χ2v) is 5.46. The lowest BCUT2D eigenvalue weighted by atomic mass is 10.1. The van der Waals surface area contributed by atoms with Crippen molar-refractivity contribution >= 4 is 0 Å². The van der Waals surface area contributed by atoms with Gasteiger partial charge in [-0.25, -0.2) is 0 Å². The van der Waals surface area contributed by atoms with Gasteiger partial charge >= 0.3 is 0 Å². The fourth-order valence-corrected chi connectivity index (χ4v) is 2.31. The summed E-state index contributed by atoms with van der Waals surface area (Å²) in [4.78, 5) is 0. The zero-order valence-corrected chi connectivity index (χ0v) is 12.7. The predicted molar refractivity (Wildman–Crippen MR) is 81.5 cm³/mol. The van der Waals surface area contributed by atoms with Gasteiger partial charge in [0.1, 0.15) is 11.5 Å². The third-order valence-electron chi connectivity index (χ3n) is 3.59. The monoisotopic (exact) mass is 275 g/mol. The number of aromatic nitrogens is 2. The number of unbranched alkanes of at least 4 members (excludes halogenated alkanes) is 2. The van der Waals surface area contributed by atoms with Crippen LogP contribution in [-0.2, 0) is 6.54 Å². The average molecular weight is 275 g/mol. The number of H-pyrrole nitrogens is 1. The van der Waals surface area contributed by atoms with E-state index in [1.807, 2.05) is 25.3 Å². The molecule has 0 bridgehead atoms. The quantitative estimate of drug-likeness (QED) is 0.715. The van der Waals surface area contributed by atoms with E-state index in [0.29, 0.717) is 6.04 Å². The molecule has 0 radical (unpaired) electrons. The van der Waals surface area contributed by atoms with Crippen LogP contribution in [0.2, 0.25) is 0 Å². The Morgan fingerprint density at radius 3 is 2.90 bits per heavy atom. The van der Waals surface area contributed by atoms with Gasteiger partial charge in [0.2, 0.25) is 0 Å². The molecule has 2 N–H and O–H groups in total. The topological polar surface area (TPSA) is 53.9 Å². The zero-order valence-electron chi connectivity index (χ0n) is 12.7. The van der Waals surface area contributed by atoms with Crippen molar-refractivity contribution in [2.24, 2.45) is 0 Å². The van der Waals surface area contributed by atoms with E-state index in [1.54, 1.807) is 0 Å². The normalized spacial score (nSPS) is 12.8. The Morgan fingerprint density at radius 2 is 2.20 bits per heavy atom. The number of aromatic amines is 1. The van der Waals surface area contributed by atoms with Gasteiger partial charge in [0.05, 0.1) is 6.20 Å². The van der Waals surface area contributed by atoms with Gasteiger partial charge in [-0.15, -0.1) is 0 Å². The minimum Gasteiger partial charge on any atom is -0.460 e. The van der Waals surface area contributed by atoms with E-state index in [0.717, 1.165) is 29.3 Å². The van der Waals surface area contributed by atoms with E-state index in [1.165, 1.54) is 25.7 Å². The van der Waals surface area contributed by atoms with Crippen LogP contribution in [0.1, 0.15) is 50.9 Å². The molecular weight excluding hydrogens is 250 g/mol. The summed E-state index contributed by atoms with van der Waals surface area (Å²) in [6.45, 7) is 7.25. The van der Waals surface area contributed by atoms with Crippen molar-refractivity contribution in [1.29, 1.82) is 0 Å². The summed E-state index contributed by atoms with van der Waals surface area (Å²) in [5.41, 5.74) is 2.13. The van der Waals surface area contributed by atoms with Crippen LogP contribution in [0, 0.1) is 6.92 Å². The number of aryl methyl sites for hydroxylation is 1. The first-order chi connectivity index (χ1) is 9.70. The largest absolute Gasteiger partial charge is 0.460 e. The van der Waals surface area contributed by atoms with Gasteiger partial charge < -0.3 is 9.73 Å². The molecule has 2 rings (SSSR count). The maximum Gasteiger partial charge on any atom is 0.152 e. The molecule has 2 aromatic rings. The van der Waals surface area contributed by atoms with Gasteiger partial charge in [0.25, 0.3) is 0 Å². The van der Waals surface area contributed by atoms with Crippen LogP contribution in [0.5, 0.6) is 0 Å². The molecule has 0 saturated heterocycles. The molecule has 0 fully saturated rings. The highest BCUT2D eigenvalue weighted by atomic mass is 16.3. The zero-order chi connectivity index (χ0) is 14.4. The highest BCUT2D eigenvalue weighted by Crippen LogP contribution is 2.23. The first-order valence-electron chi connectivity index (χ1n) is 7.53. The van der Waals surface area contributed by atoms with E-state index in [9.17, 15) is 0 Å². The summed E-state index contributed by atoms with van der Waals surface area (Å²) in [5, 5.41) is 10.7. The Labute approximate surface area is 121 Å². The lowest BCUT2D eigenvalue weighted by Crippen LogP contribution is -2.25. The van der Waals surface area contributed by atoms with E-state index < -0.39 is 0 Å². The number of nitrogens with zero attached hydrogens (tertiary/aromatic N) is 1. The summed E-state index contributed by atoms with van der Waals surface area (Å²) in [6, 6.07) is 4.49. The van der Waals surface area contributed by atoms with Gasteiger partial charge in [-0.2, -0.15) is 5.10 Å². The maximum atomic E-state index is 5.66. The summed E-state index contributed by atoms with van der Waals surface area (Å²) in [6.07, 6.45) is 6.98. The highest BCUT2D eigenvalue weighted by molar-refractivity contribution is 5.56. The van der Waals surface area contributed by atoms with Crippen LogP contribution in [0.15, 0.2) is 22.7 Å². The predicted octanol–water partition coefficient (Wildman–Crippen LogP) is 4.04. The molecule has 20 heavy (non-hydrogen) atoms. The third-order valence-corrected chi connectivity index (χ3v) is 3.59. The Balaban J connectivity index is 1.89. The Morgan fingerprint density at radius 1 is 1.35 bits per heavy atom. The van der Waals surface area contributed by atoms with Crippen LogP contribution in [0.4, 0.5) is 0 Å². The molecule has 1 unspecified atom stereocenters. The molecule has 0 saturated carbocycles. The smallest absolute Gasteiger partial charge is 0.152 e. The molecule has 4 heteroatoms. The summed E-state index contributed by atoms with van der Waals surface area (Å²) in [5.74, 6) is 1.77. The van der Waals surface area contributed by atoms with Gasteiger partial charge in [-0.1, -0.05) is 26.2 Å². The number of hydrogen-bond acceptors (Lipinski definition) is 3. The van der Waals surface area contributed by atoms with Gasteiger partial charge in [-0.05, 0) is 32.4 Å². The summed E-state index contributed by atoms with van der Waals surface area (Å²) >= 11 is 0. The fraction of sp³-hybridized carbons (Fsp3) is 0.562. The van der Waals surface area contributed by atoms with Crippen molar-refractivity contribution in [1.82, 2.24) is 15.5 Å². The van der Waals surface area contributed by atoms with Crippen LogP contribution in [0.25, 0.3) is 11.5 Å². The maximum absolute atomic E-state index is 5.66. The molecule has 0 aliphatic heterocycles. The lowest BCUT2D eigenvalue weighted by molar-refractivity contribution is 0.486. The fourth-order valence-electron chi connectivity index (χ4n) is 2.31. The molecule has 0 amide bonds. The number of furan rings is 1. The first-order valence-corrected chi connectivity index (χ1v) is 7.53. The van der Waals surface area contributed by atoms with Gasteiger partial charge in [-0.3, -0.25) is 5.10 Å². The molecule has 4 nitrogen and oxygen atoms in total. The van der Waals surface area contributed by atoms with Crippen LogP contribution < -0.4 is 5.32 Å². The minimum absolute atomic E-state index is 0.530. The summed E-state index contributed by atoms with van der Waals surface area (Å²) in [7, 11) is 0. The molecule has 0 aromatic carbocycles. The van der Waals surface area contributed by atoms with Crippen LogP contribution in [-0.4, -0.2) is 16.2 Å². The van der Waals surface area contributed by atoms with Crippen molar-refractivity contribution in [3.8, 4) is 11.5 Å². The number of nitrogens with one attached hydrogen (secondary N) is 2. The third kappa shape index (κ3) is 3.97. The first kappa shape index (κ1) is 14.9. The average Bonchev–Trinajstić information content (AvgIpc) is 3.05. The van der Waals surface area contributed by atoms with Crippen molar-refractivity contribution in [2.45, 2.75) is 59.0 Å². The molecule has 2 heterocycles. The van der Waals surface area contributed by atoms with Crippen LogP contribution in [0.3, 0.4) is 0 Å². The second-order valence-electron chi connectivity index (χ2n) is 5.46. The van der Waals surface area contributed by atoms with Crippen LogP contribution >= 0.6 is 0 Å². The van der Waals surface area contributed by atoms with Gasteiger partial charge in [0.15, 0.2) is 5.76 Å².